The number of aromatic nitrogens is 1. The topological polar surface area (TPSA) is 63.3 Å². The number of rotatable bonds is 3. The second kappa shape index (κ2) is 6.10. The molecule has 4 nitrogen and oxygen atoms in total. The van der Waals surface area contributed by atoms with Crippen molar-refractivity contribution in [1.29, 1.82) is 0 Å². The van der Waals surface area contributed by atoms with Gasteiger partial charge in [0.05, 0.1) is 0 Å². The van der Waals surface area contributed by atoms with Crippen LogP contribution in [0.1, 0.15) is 11.3 Å². The lowest BCUT2D eigenvalue weighted by Crippen LogP contribution is -2.06. The molecule has 0 aliphatic rings. The maximum absolute atomic E-state index is 11.8. The Hall–Kier alpha value is -3.14. The average Bonchev–Trinajstić information content (AvgIpc) is 2.55. The van der Waals surface area contributed by atoms with Crippen LogP contribution in [0.5, 0.6) is 0 Å². The Labute approximate surface area is 126 Å². The zero-order chi connectivity index (χ0) is 15.4. The third kappa shape index (κ3) is 3.12. The van der Waals surface area contributed by atoms with Crippen LogP contribution in [0.4, 0.5) is 0 Å². The molecule has 0 spiro atoms. The standard InChI is InChI=1S/C18H13NO3/c20-14(11-10-13-6-2-1-3-7-13)12-16-18(21)22-17-9-5-4-8-15(17)19-16/h1-12,20H/b11-10-,14-12?. The molecule has 1 N–H and O–H groups in total. The second-order valence-corrected chi connectivity index (χ2v) is 4.67. The number of para-hydroxylation sites is 2. The highest BCUT2D eigenvalue weighted by Gasteiger charge is 2.04. The number of fused-ring (bicyclic) bond motifs is 1. The molecule has 3 aromatic rings. The molecule has 0 radical (unpaired) electrons. The van der Waals surface area contributed by atoms with E-state index in [4.69, 9.17) is 4.42 Å². The smallest absolute Gasteiger partial charge is 0.362 e. The van der Waals surface area contributed by atoms with Crippen molar-refractivity contribution in [2.24, 2.45) is 0 Å². The van der Waals surface area contributed by atoms with Crippen LogP contribution in [-0.2, 0) is 0 Å². The van der Waals surface area contributed by atoms with Crippen molar-refractivity contribution in [3.63, 3.8) is 0 Å². The molecule has 4 heteroatoms. The minimum Gasteiger partial charge on any atom is -0.508 e. The van der Waals surface area contributed by atoms with E-state index in [0.29, 0.717) is 11.1 Å². The van der Waals surface area contributed by atoms with Gasteiger partial charge in [0.1, 0.15) is 11.3 Å². The number of benzene rings is 2. The maximum atomic E-state index is 11.8. The highest BCUT2D eigenvalue weighted by molar-refractivity contribution is 5.72. The van der Waals surface area contributed by atoms with Crippen LogP contribution in [-0.4, -0.2) is 10.1 Å². The first-order valence-electron chi connectivity index (χ1n) is 6.76. The monoisotopic (exact) mass is 291 g/mol. The second-order valence-electron chi connectivity index (χ2n) is 4.67. The van der Waals surface area contributed by atoms with Gasteiger partial charge in [-0.1, -0.05) is 48.5 Å². The molecule has 22 heavy (non-hydrogen) atoms. The number of nitrogens with zero attached hydrogens (tertiary/aromatic N) is 1. The van der Waals surface area contributed by atoms with E-state index in [9.17, 15) is 9.90 Å². The van der Waals surface area contributed by atoms with Crippen molar-refractivity contribution >= 4 is 23.3 Å². The third-order valence-electron chi connectivity index (χ3n) is 3.05. The largest absolute Gasteiger partial charge is 0.508 e. The van der Waals surface area contributed by atoms with Gasteiger partial charge in [-0.25, -0.2) is 9.78 Å². The van der Waals surface area contributed by atoms with Crippen molar-refractivity contribution in [3.8, 4) is 0 Å². The van der Waals surface area contributed by atoms with Crippen LogP contribution >= 0.6 is 0 Å². The average molecular weight is 291 g/mol. The molecule has 3 rings (SSSR count). The summed E-state index contributed by atoms with van der Waals surface area (Å²) in [6, 6.07) is 16.5. The number of allylic oxidation sites excluding steroid dienone is 1. The van der Waals surface area contributed by atoms with Gasteiger partial charge in [0, 0.05) is 6.08 Å². The fourth-order valence-corrected chi connectivity index (χ4v) is 1.99. The first-order chi connectivity index (χ1) is 10.7. The Morgan fingerprint density at radius 2 is 1.77 bits per heavy atom. The van der Waals surface area contributed by atoms with Crippen LogP contribution in [0.15, 0.2) is 75.6 Å². The summed E-state index contributed by atoms with van der Waals surface area (Å²) in [5, 5.41) is 9.91. The normalized spacial score (nSPS) is 12.1. The van der Waals surface area contributed by atoms with Gasteiger partial charge in [-0.2, -0.15) is 0 Å². The molecule has 108 valence electrons. The van der Waals surface area contributed by atoms with E-state index in [2.05, 4.69) is 4.98 Å². The molecular formula is C18H13NO3. The van der Waals surface area contributed by atoms with E-state index >= 15 is 0 Å². The SMILES string of the molecule is O=c1oc2ccccc2nc1C=C(O)/C=C\c1ccccc1. The zero-order valence-electron chi connectivity index (χ0n) is 11.6. The fourth-order valence-electron chi connectivity index (χ4n) is 1.99. The van der Waals surface area contributed by atoms with Crippen molar-refractivity contribution in [2.75, 3.05) is 0 Å². The molecule has 2 aromatic carbocycles. The Kier molecular flexibility index (Phi) is 3.83. The Balaban J connectivity index is 1.92. The van der Waals surface area contributed by atoms with Crippen LogP contribution in [0.2, 0.25) is 0 Å². The molecule has 0 atom stereocenters. The lowest BCUT2D eigenvalue weighted by molar-refractivity contribution is 0.437. The molecule has 1 heterocycles. The van der Waals surface area contributed by atoms with Gasteiger partial charge in [-0.05, 0) is 23.8 Å². The van der Waals surface area contributed by atoms with Gasteiger partial charge in [0.2, 0.25) is 0 Å². The van der Waals surface area contributed by atoms with Gasteiger partial charge in [0.25, 0.3) is 0 Å². The molecule has 0 aliphatic heterocycles. The van der Waals surface area contributed by atoms with Gasteiger partial charge >= 0.3 is 5.63 Å². The number of aliphatic hydroxyl groups is 1. The summed E-state index contributed by atoms with van der Waals surface area (Å²) in [6.45, 7) is 0. The Morgan fingerprint density at radius 3 is 2.59 bits per heavy atom. The molecule has 1 aromatic heterocycles. The fraction of sp³-hybridized carbons (Fsp3) is 0. The van der Waals surface area contributed by atoms with Crippen molar-refractivity contribution in [1.82, 2.24) is 4.98 Å². The minimum absolute atomic E-state index is 0.0638. The number of hydrogen-bond donors (Lipinski definition) is 1. The van der Waals surface area contributed by atoms with Gasteiger partial charge in [-0.3, -0.25) is 0 Å². The molecule has 0 saturated carbocycles. The molecule has 0 amide bonds. The molecule has 0 aliphatic carbocycles. The predicted octanol–water partition coefficient (Wildman–Crippen LogP) is 3.80. The van der Waals surface area contributed by atoms with Crippen LogP contribution in [0, 0.1) is 0 Å². The maximum Gasteiger partial charge on any atom is 0.362 e. The van der Waals surface area contributed by atoms with E-state index in [1.165, 1.54) is 12.2 Å². The lowest BCUT2D eigenvalue weighted by Gasteiger charge is -1.97. The van der Waals surface area contributed by atoms with Crippen molar-refractivity contribution in [3.05, 3.63) is 88.1 Å². The number of aliphatic hydroxyl groups excluding tert-OH is 1. The summed E-state index contributed by atoms with van der Waals surface area (Å²) < 4.78 is 5.16. The summed E-state index contributed by atoms with van der Waals surface area (Å²) in [5.41, 5.74) is 1.41. The third-order valence-corrected chi connectivity index (χ3v) is 3.05. The molecule has 0 fully saturated rings. The van der Waals surface area contributed by atoms with Gasteiger partial charge in [0.15, 0.2) is 11.3 Å². The highest BCUT2D eigenvalue weighted by atomic mass is 16.4. The van der Waals surface area contributed by atoms with Gasteiger partial charge < -0.3 is 9.52 Å². The molecule has 0 bridgehead atoms. The highest BCUT2D eigenvalue weighted by Crippen LogP contribution is 2.11. The predicted molar refractivity (Wildman–Crippen MR) is 86.4 cm³/mol. The summed E-state index contributed by atoms with van der Waals surface area (Å²) in [4.78, 5) is 16.0. The first kappa shape index (κ1) is 13.8. The van der Waals surface area contributed by atoms with E-state index in [1.54, 1.807) is 30.3 Å². The summed E-state index contributed by atoms with van der Waals surface area (Å²) in [6.07, 6.45) is 4.54. The molecular weight excluding hydrogens is 278 g/mol. The number of hydrogen-bond acceptors (Lipinski definition) is 4. The first-order valence-corrected chi connectivity index (χ1v) is 6.76. The Bertz CT molecular complexity index is 908. The van der Waals surface area contributed by atoms with Crippen molar-refractivity contribution < 1.29 is 9.52 Å². The van der Waals surface area contributed by atoms with E-state index in [-0.39, 0.29) is 11.5 Å². The van der Waals surface area contributed by atoms with E-state index in [1.807, 2.05) is 30.3 Å². The molecule has 0 unspecified atom stereocenters. The lowest BCUT2D eigenvalue weighted by atomic mass is 10.2. The minimum atomic E-state index is -0.585. The van der Waals surface area contributed by atoms with E-state index in [0.717, 1.165) is 5.56 Å². The summed E-state index contributed by atoms with van der Waals surface area (Å²) >= 11 is 0. The zero-order valence-corrected chi connectivity index (χ0v) is 11.6. The summed E-state index contributed by atoms with van der Waals surface area (Å²) in [7, 11) is 0. The summed E-state index contributed by atoms with van der Waals surface area (Å²) in [5.74, 6) is -0.0704. The quantitative estimate of drug-likeness (QED) is 0.589. The van der Waals surface area contributed by atoms with Gasteiger partial charge in [-0.15, -0.1) is 0 Å². The van der Waals surface area contributed by atoms with Crippen LogP contribution < -0.4 is 5.63 Å². The molecule has 0 saturated heterocycles. The van der Waals surface area contributed by atoms with Crippen molar-refractivity contribution in [2.45, 2.75) is 0 Å². The van der Waals surface area contributed by atoms with E-state index < -0.39 is 5.63 Å². The van der Waals surface area contributed by atoms with Crippen LogP contribution in [0.3, 0.4) is 0 Å². The Morgan fingerprint density at radius 1 is 1.05 bits per heavy atom. The van der Waals surface area contributed by atoms with Crippen LogP contribution in [0.25, 0.3) is 23.3 Å².